The van der Waals surface area contributed by atoms with Crippen molar-refractivity contribution >= 4 is 11.3 Å². The average Bonchev–Trinajstić information content (AvgIpc) is 2.86. The number of aromatic nitrogens is 1. The van der Waals surface area contributed by atoms with Gasteiger partial charge in [0.2, 0.25) is 0 Å². The molecule has 1 aromatic heterocycles. The van der Waals surface area contributed by atoms with E-state index in [1.165, 1.54) is 36.6 Å². The zero-order chi connectivity index (χ0) is 15.7. The second kappa shape index (κ2) is 10.3. The molecule has 0 bridgehead atoms. The molecular formula is C17H33N3S. The normalized spacial score (nSPS) is 12.0. The molecule has 0 saturated heterocycles. The fourth-order valence-electron chi connectivity index (χ4n) is 2.12. The largest absolute Gasteiger partial charge is 0.311 e. The first kappa shape index (κ1) is 18.6. The SMILES string of the molecule is CCNCc1nc(CN(CCC(C)C)CCC(C)C)cs1. The highest BCUT2D eigenvalue weighted by atomic mass is 32.1. The van der Waals surface area contributed by atoms with Crippen molar-refractivity contribution < 1.29 is 0 Å². The van der Waals surface area contributed by atoms with E-state index in [2.05, 4.69) is 50.2 Å². The highest BCUT2D eigenvalue weighted by Crippen LogP contribution is 2.14. The number of nitrogens with one attached hydrogen (secondary N) is 1. The third-order valence-electron chi connectivity index (χ3n) is 3.56. The molecule has 0 atom stereocenters. The molecule has 1 rings (SSSR count). The molecule has 0 aliphatic heterocycles. The molecule has 122 valence electrons. The fourth-order valence-corrected chi connectivity index (χ4v) is 2.87. The summed E-state index contributed by atoms with van der Waals surface area (Å²) >= 11 is 1.78. The van der Waals surface area contributed by atoms with Gasteiger partial charge in [-0.3, -0.25) is 4.90 Å². The lowest BCUT2D eigenvalue weighted by Gasteiger charge is -2.23. The Morgan fingerprint density at radius 3 is 2.29 bits per heavy atom. The molecule has 1 N–H and O–H groups in total. The summed E-state index contributed by atoms with van der Waals surface area (Å²) < 4.78 is 0. The van der Waals surface area contributed by atoms with Gasteiger partial charge in [-0.15, -0.1) is 11.3 Å². The van der Waals surface area contributed by atoms with E-state index in [1.54, 1.807) is 11.3 Å². The van der Waals surface area contributed by atoms with Gasteiger partial charge in [0.15, 0.2) is 0 Å². The second-order valence-electron chi connectivity index (χ2n) is 6.65. The monoisotopic (exact) mass is 311 g/mol. The smallest absolute Gasteiger partial charge is 0.107 e. The first-order valence-electron chi connectivity index (χ1n) is 8.37. The Morgan fingerprint density at radius 1 is 1.14 bits per heavy atom. The predicted octanol–water partition coefficient (Wildman–Crippen LogP) is 4.15. The quantitative estimate of drug-likeness (QED) is 0.665. The van der Waals surface area contributed by atoms with Crippen molar-refractivity contribution in [3.05, 3.63) is 16.1 Å². The van der Waals surface area contributed by atoms with E-state index in [0.717, 1.165) is 31.5 Å². The summed E-state index contributed by atoms with van der Waals surface area (Å²) in [6.45, 7) is 16.6. The maximum Gasteiger partial charge on any atom is 0.107 e. The molecule has 3 nitrogen and oxygen atoms in total. The van der Waals surface area contributed by atoms with Crippen LogP contribution < -0.4 is 5.32 Å². The average molecular weight is 312 g/mol. The Bertz CT molecular complexity index is 362. The van der Waals surface area contributed by atoms with E-state index in [4.69, 9.17) is 4.98 Å². The van der Waals surface area contributed by atoms with Crippen molar-refractivity contribution in [3.63, 3.8) is 0 Å². The van der Waals surface area contributed by atoms with Crippen LogP contribution in [-0.2, 0) is 13.1 Å². The van der Waals surface area contributed by atoms with Gasteiger partial charge < -0.3 is 5.32 Å². The third-order valence-corrected chi connectivity index (χ3v) is 4.45. The molecule has 4 heteroatoms. The molecule has 1 aromatic rings. The summed E-state index contributed by atoms with van der Waals surface area (Å²) in [6.07, 6.45) is 2.54. The molecule has 0 aliphatic rings. The lowest BCUT2D eigenvalue weighted by molar-refractivity contribution is 0.233. The highest BCUT2D eigenvalue weighted by Gasteiger charge is 2.10. The van der Waals surface area contributed by atoms with Gasteiger partial charge in [0, 0.05) is 18.5 Å². The van der Waals surface area contributed by atoms with Crippen LogP contribution in [0.4, 0.5) is 0 Å². The van der Waals surface area contributed by atoms with Crippen LogP contribution in [0.5, 0.6) is 0 Å². The molecule has 0 radical (unpaired) electrons. The van der Waals surface area contributed by atoms with Gasteiger partial charge in [0.25, 0.3) is 0 Å². The number of hydrogen-bond donors (Lipinski definition) is 1. The Kier molecular flexibility index (Phi) is 9.13. The van der Waals surface area contributed by atoms with Crippen molar-refractivity contribution in [3.8, 4) is 0 Å². The van der Waals surface area contributed by atoms with Crippen LogP contribution in [0.25, 0.3) is 0 Å². The highest BCUT2D eigenvalue weighted by molar-refractivity contribution is 7.09. The van der Waals surface area contributed by atoms with Gasteiger partial charge in [-0.05, 0) is 44.3 Å². The van der Waals surface area contributed by atoms with Crippen molar-refractivity contribution in [2.45, 2.75) is 60.5 Å². The first-order chi connectivity index (χ1) is 10.0. The van der Waals surface area contributed by atoms with Gasteiger partial charge in [0.05, 0.1) is 5.69 Å². The molecule has 1 heterocycles. The molecule has 0 spiro atoms. The van der Waals surface area contributed by atoms with E-state index in [1.807, 2.05) is 0 Å². The number of nitrogens with zero attached hydrogens (tertiary/aromatic N) is 2. The zero-order valence-corrected chi connectivity index (χ0v) is 15.3. The molecule has 0 saturated carbocycles. The van der Waals surface area contributed by atoms with Crippen LogP contribution in [0.15, 0.2) is 5.38 Å². The molecule has 21 heavy (non-hydrogen) atoms. The minimum absolute atomic E-state index is 0.770. The van der Waals surface area contributed by atoms with E-state index >= 15 is 0 Å². The van der Waals surface area contributed by atoms with Gasteiger partial charge in [-0.2, -0.15) is 0 Å². The molecule has 0 aromatic carbocycles. The summed E-state index contributed by atoms with van der Waals surface area (Å²) in [4.78, 5) is 7.33. The van der Waals surface area contributed by atoms with Gasteiger partial charge in [-0.1, -0.05) is 34.6 Å². The summed E-state index contributed by atoms with van der Waals surface area (Å²) in [6, 6.07) is 0. The van der Waals surface area contributed by atoms with Crippen LogP contribution >= 0.6 is 11.3 Å². The fraction of sp³-hybridized carbons (Fsp3) is 0.824. The lowest BCUT2D eigenvalue weighted by Crippen LogP contribution is -2.27. The minimum atomic E-state index is 0.770. The van der Waals surface area contributed by atoms with E-state index in [-0.39, 0.29) is 0 Å². The van der Waals surface area contributed by atoms with Crippen molar-refractivity contribution in [1.29, 1.82) is 0 Å². The minimum Gasteiger partial charge on any atom is -0.311 e. The van der Waals surface area contributed by atoms with Crippen molar-refractivity contribution in [2.24, 2.45) is 11.8 Å². The molecule has 0 fully saturated rings. The Balaban J connectivity index is 2.50. The maximum absolute atomic E-state index is 4.76. The van der Waals surface area contributed by atoms with Crippen LogP contribution in [0.3, 0.4) is 0 Å². The van der Waals surface area contributed by atoms with E-state index < -0.39 is 0 Å². The standard InChI is InChI=1S/C17H33N3S/c1-6-18-11-17-19-16(13-21-17)12-20(9-7-14(2)3)10-8-15(4)5/h13-15,18H,6-12H2,1-5H3. The number of thiazole rings is 1. The summed E-state index contributed by atoms with van der Waals surface area (Å²) in [5.74, 6) is 1.54. The summed E-state index contributed by atoms with van der Waals surface area (Å²) in [5, 5.41) is 6.78. The molecule has 0 aliphatic carbocycles. The lowest BCUT2D eigenvalue weighted by atomic mass is 10.1. The van der Waals surface area contributed by atoms with Crippen molar-refractivity contribution in [2.75, 3.05) is 19.6 Å². The maximum atomic E-state index is 4.76. The van der Waals surface area contributed by atoms with Gasteiger partial charge >= 0.3 is 0 Å². The summed E-state index contributed by atoms with van der Waals surface area (Å²) in [5.41, 5.74) is 1.24. The zero-order valence-electron chi connectivity index (χ0n) is 14.5. The third kappa shape index (κ3) is 8.54. The Hall–Kier alpha value is -0.450. The molecule has 0 unspecified atom stereocenters. The first-order valence-corrected chi connectivity index (χ1v) is 9.25. The summed E-state index contributed by atoms with van der Waals surface area (Å²) in [7, 11) is 0. The van der Waals surface area contributed by atoms with Crippen LogP contribution in [0, 0.1) is 11.8 Å². The molecular weight excluding hydrogens is 278 g/mol. The van der Waals surface area contributed by atoms with E-state index in [9.17, 15) is 0 Å². The topological polar surface area (TPSA) is 28.2 Å². The van der Waals surface area contributed by atoms with Gasteiger partial charge in [-0.25, -0.2) is 4.98 Å². The molecule has 0 amide bonds. The predicted molar refractivity (Wildman–Crippen MR) is 93.7 cm³/mol. The Morgan fingerprint density at radius 2 is 1.76 bits per heavy atom. The van der Waals surface area contributed by atoms with Gasteiger partial charge in [0.1, 0.15) is 5.01 Å². The number of rotatable bonds is 11. The van der Waals surface area contributed by atoms with Crippen LogP contribution in [0.2, 0.25) is 0 Å². The number of hydrogen-bond acceptors (Lipinski definition) is 4. The van der Waals surface area contributed by atoms with E-state index in [0.29, 0.717) is 0 Å². The van der Waals surface area contributed by atoms with Crippen LogP contribution in [0.1, 0.15) is 58.2 Å². The Labute approximate surface area is 135 Å². The van der Waals surface area contributed by atoms with Crippen LogP contribution in [-0.4, -0.2) is 29.5 Å². The second-order valence-corrected chi connectivity index (χ2v) is 7.60. The van der Waals surface area contributed by atoms with Crippen molar-refractivity contribution in [1.82, 2.24) is 15.2 Å².